The quantitative estimate of drug-likeness (QED) is 0.920. The molecule has 0 atom stereocenters. The van der Waals surface area contributed by atoms with E-state index in [-0.39, 0.29) is 16.2 Å². The van der Waals surface area contributed by atoms with Crippen LogP contribution in [0.4, 0.5) is 5.69 Å². The second-order valence-corrected chi connectivity index (χ2v) is 7.12. The monoisotopic (exact) mass is 343 g/mol. The summed E-state index contributed by atoms with van der Waals surface area (Å²) in [6.45, 7) is 1.56. The van der Waals surface area contributed by atoms with Gasteiger partial charge in [-0.25, -0.2) is 13.6 Å². The highest BCUT2D eigenvalue weighted by Gasteiger charge is 2.26. The van der Waals surface area contributed by atoms with Crippen LogP contribution < -0.4 is 14.8 Å². The molecular formula is C17H17N3O3S. The fourth-order valence-electron chi connectivity index (χ4n) is 2.77. The maximum absolute atomic E-state index is 12.0. The van der Waals surface area contributed by atoms with Crippen LogP contribution in [0.3, 0.4) is 0 Å². The minimum absolute atomic E-state index is 0.171. The van der Waals surface area contributed by atoms with Crippen LogP contribution in [0.2, 0.25) is 0 Å². The first-order valence-electron chi connectivity index (χ1n) is 7.58. The van der Waals surface area contributed by atoms with Gasteiger partial charge in [0.05, 0.1) is 17.3 Å². The number of para-hydroxylation sites is 1. The number of hydrogen-bond acceptors (Lipinski definition) is 5. The van der Waals surface area contributed by atoms with Crippen molar-refractivity contribution >= 4 is 15.7 Å². The summed E-state index contributed by atoms with van der Waals surface area (Å²) < 4.78 is 30.0. The first kappa shape index (κ1) is 16.3. The average Bonchev–Trinajstić information content (AvgIpc) is 3.09. The molecule has 0 bridgehead atoms. The number of hydrogen-bond donors (Lipinski definition) is 1. The molecule has 0 unspecified atom stereocenters. The number of anilines is 1. The molecule has 0 saturated carbocycles. The van der Waals surface area contributed by atoms with Crippen molar-refractivity contribution < 1.29 is 13.2 Å². The third kappa shape index (κ3) is 3.35. The van der Waals surface area contributed by atoms with Gasteiger partial charge in [-0.3, -0.25) is 0 Å². The molecule has 2 aromatic carbocycles. The minimum Gasteiger partial charge on any atom is -0.454 e. The smallest absolute Gasteiger partial charge is 0.241 e. The van der Waals surface area contributed by atoms with E-state index in [9.17, 15) is 13.7 Å². The molecule has 3 rings (SSSR count). The van der Waals surface area contributed by atoms with Crippen LogP contribution in [0.15, 0.2) is 47.4 Å². The number of ether oxygens (including phenoxy) is 1. The largest absolute Gasteiger partial charge is 0.454 e. The molecule has 0 amide bonds. The van der Waals surface area contributed by atoms with Gasteiger partial charge in [-0.15, -0.1) is 0 Å². The van der Waals surface area contributed by atoms with Crippen molar-refractivity contribution in [2.24, 2.45) is 5.14 Å². The van der Waals surface area contributed by atoms with Crippen molar-refractivity contribution in [1.82, 2.24) is 0 Å². The summed E-state index contributed by atoms with van der Waals surface area (Å²) >= 11 is 0. The zero-order valence-corrected chi connectivity index (χ0v) is 13.8. The zero-order chi connectivity index (χ0) is 17.2. The molecule has 0 spiro atoms. The SMILES string of the molecule is N#Cc1cc(N2CCCC2)c(Oc2ccccc2)c(S(N)(=O)=O)c1. The first-order valence-corrected chi connectivity index (χ1v) is 9.12. The Kier molecular flexibility index (Phi) is 4.42. The standard InChI is InChI=1S/C17H17N3O3S/c18-12-13-10-15(20-8-4-5-9-20)17(16(11-13)24(19,21)22)23-14-6-2-1-3-7-14/h1-3,6-7,10-11H,4-5,8-9H2,(H2,19,21,22). The van der Waals surface area contributed by atoms with Gasteiger partial charge in [-0.1, -0.05) is 18.2 Å². The van der Waals surface area contributed by atoms with Crippen molar-refractivity contribution in [3.05, 3.63) is 48.0 Å². The van der Waals surface area contributed by atoms with Crippen LogP contribution in [0.1, 0.15) is 18.4 Å². The molecular weight excluding hydrogens is 326 g/mol. The maximum Gasteiger partial charge on any atom is 0.241 e. The molecule has 2 N–H and O–H groups in total. The molecule has 7 heteroatoms. The Morgan fingerprint density at radius 3 is 2.38 bits per heavy atom. The Morgan fingerprint density at radius 1 is 1.12 bits per heavy atom. The number of rotatable bonds is 4. The summed E-state index contributed by atoms with van der Waals surface area (Å²) in [6.07, 6.45) is 2.01. The van der Waals surface area contributed by atoms with Crippen molar-refractivity contribution in [2.45, 2.75) is 17.7 Å². The fraction of sp³-hybridized carbons (Fsp3) is 0.235. The van der Waals surface area contributed by atoms with Crippen LogP contribution >= 0.6 is 0 Å². The van der Waals surface area contributed by atoms with Crippen LogP contribution in [0, 0.1) is 11.3 Å². The molecule has 0 radical (unpaired) electrons. The van der Waals surface area contributed by atoms with Crippen molar-refractivity contribution in [3.63, 3.8) is 0 Å². The maximum atomic E-state index is 12.0. The zero-order valence-electron chi connectivity index (χ0n) is 13.0. The van der Waals surface area contributed by atoms with E-state index in [0.717, 1.165) is 25.9 Å². The predicted molar refractivity (Wildman–Crippen MR) is 90.5 cm³/mol. The number of primary sulfonamides is 1. The number of nitrogens with two attached hydrogens (primary N) is 1. The average molecular weight is 343 g/mol. The molecule has 1 saturated heterocycles. The van der Waals surface area contributed by atoms with E-state index in [0.29, 0.717) is 11.4 Å². The van der Waals surface area contributed by atoms with Crippen molar-refractivity contribution in [2.75, 3.05) is 18.0 Å². The van der Waals surface area contributed by atoms with E-state index in [4.69, 9.17) is 9.88 Å². The molecule has 6 nitrogen and oxygen atoms in total. The van der Waals surface area contributed by atoms with Gasteiger partial charge in [0.1, 0.15) is 10.6 Å². The topological polar surface area (TPSA) is 96.4 Å². The normalized spacial score (nSPS) is 14.4. The van der Waals surface area contributed by atoms with Gasteiger partial charge in [0.2, 0.25) is 10.0 Å². The molecule has 1 aliphatic heterocycles. The van der Waals surface area contributed by atoms with Gasteiger partial charge < -0.3 is 9.64 Å². The summed E-state index contributed by atoms with van der Waals surface area (Å²) in [4.78, 5) is 1.85. The molecule has 124 valence electrons. The summed E-state index contributed by atoms with van der Waals surface area (Å²) in [5.74, 6) is 0.678. The first-order chi connectivity index (χ1) is 11.5. The van der Waals surface area contributed by atoms with E-state index >= 15 is 0 Å². The molecule has 0 aliphatic carbocycles. The number of nitrogens with zero attached hydrogens (tertiary/aromatic N) is 2. The summed E-state index contributed by atoms with van der Waals surface area (Å²) in [6, 6.07) is 13.8. The molecule has 2 aromatic rings. The number of sulfonamides is 1. The van der Waals surface area contributed by atoms with E-state index in [1.54, 1.807) is 30.3 Å². The van der Waals surface area contributed by atoms with Gasteiger partial charge in [0.25, 0.3) is 0 Å². The van der Waals surface area contributed by atoms with E-state index in [2.05, 4.69) is 0 Å². The summed E-state index contributed by atoms with van der Waals surface area (Å²) in [7, 11) is -4.04. The lowest BCUT2D eigenvalue weighted by Crippen LogP contribution is -2.21. The molecule has 0 aromatic heterocycles. The number of nitriles is 1. The van der Waals surface area contributed by atoms with Gasteiger partial charge in [-0.2, -0.15) is 5.26 Å². The third-order valence-electron chi connectivity index (χ3n) is 3.88. The Hall–Kier alpha value is -2.56. The summed E-state index contributed by atoms with van der Waals surface area (Å²) in [5.41, 5.74) is 0.820. The van der Waals surface area contributed by atoms with Gasteiger partial charge in [0, 0.05) is 13.1 Å². The van der Waals surface area contributed by atoms with Crippen LogP contribution in [0.5, 0.6) is 11.5 Å². The highest BCUT2D eigenvalue weighted by molar-refractivity contribution is 7.89. The Bertz CT molecular complexity index is 883. The summed E-state index contributed by atoms with van der Waals surface area (Å²) in [5, 5.41) is 14.6. The lowest BCUT2D eigenvalue weighted by Gasteiger charge is -2.23. The lowest BCUT2D eigenvalue weighted by molar-refractivity contribution is 0.467. The second-order valence-electron chi connectivity index (χ2n) is 5.59. The Labute approximate surface area is 141 Å². The van der Waals surface area contributed by atoms with Gasteiger partial charge >= 0.3 is 0 Å². The molecule has 1 heterocycles. The van der Waals surface area contributed by atoms with Crippen LogP contribution in [-0.4, -0.2) is 21.5 Å². The second kappa shape index (κ2) is 6.51. The van der Waals surface area contributed by atoms with E-state index in [1.165, 1.54) is 6.07 Å². The van der Waals surface area contributed by atoms with Crippen LogP contribution in [-0.2, 0) is 10.0 Å². The lowest BCUT2D eigenvalue weighted by atomic mass is 10.2. The minimum atomic E-state index is -4.04. The Morgan fingerprint density at radius 2 is 1.79 bits per heavy atom. The highest BCUT2D eigenvalue weighted by Crippen LogP contribution is 2.40. The molecule has 24 heavy (non-hydrogen) atoms. The molecule has 1 aliphatic rings. The van der Waals surface area contributed by atoms with E-state index < -0.39 is 10.0 Å². The van der Waals surface area contributed by atoms with Gasteiger partial charge in [-0.05, 0) is 37.1 Å². The Balaban J connectivity index is 2.20. The highest BCUT2D eigenvalue weighted by atomic mass is 32.2. The van der Waals surface area contributed by atoms with Crippen molar-refractivity contribution in [1.29, 1.82) is 5.26 Å². The predicted octanol–water partition coefficient (Wildman–Crippen LogP) is 2.60. The van der Waals surface area contributed by atoms with Crippen LogP contribution in [0.25, 0.3) is 0 Å². The van der Waals surface area contributed by atoms with Crippen molar-refractivity contribution in [3.8, 4) is 17.6 Å². The number of benzene rings is 2. The third-order valence-corrected chi connectivity index (χ3v) is 4.80. The molecule has 1 fully saturated rings. The van der Waals surface area contributed by atoms with E-state index in [1.807, 2.05) is 17.0 Å². The fourth-order valence-corrected chi connectivity index (χ4v) is 3.46. The van der Waals surface area contributed by atoms with Gasteiger partial charge in [0.15, 0.2) is 5.75 Å².